The van der Waals surface area contributed by atoms with E-state index in [0.717, 1.165) is 25.7 Å². The maximum absolute atomic E-state index is 9.21. The first-order valence-electron chi connectivity index (χ1n) is 7.20. The first-order valence-corrected chi connectivity index (χ1v) is 7.20. The summed E-state index contributed by atoms with van der Waals surface area (Å²) < 4.78 is 0. The highest BCUT2D eigenvalue weighted by Crippen LogP contribution is 2.28. The number of nitrogens with zero attached hydrogens (tertiary/aromatic N) is 3. The molecule has 1 N–H and O–H groups in total. The van der Waals surface area contributed by atoms with E-state index in [1.54, 1.807) is 0 Å². The van der Waals surface area contributed by atoms with Gasteiger partial charge in [-0.05, 0) is 46.7 Å². The second-order valence-electron chi connectivity index (χ2n) is 6.10. The fourth-order valence-corrected chi connectivity index (χ4v) is 3.34. The van der Waals surface area contributed by atoms with E-state index in [9.17, 15) is 5.26 Å². The molecule has 2 aliphatic heterocycles. The summed E-state index contributed by atoms with van der Waals surface area (Å²) in [5.74, 6) is 0. The lowest BCUT2D eigenvalue weighted by Gasteiger charge is -2.28. The molecule has 2 bridgehead atoms. The molecule has 0 saturated carbocycles. The topological polar surface area (TPSA) is 42.3 Å². The van der Waals surface area contributed by atoms with Crippen LogP contribution in [0.2, 0.25) is 0 Å². The van der Waals surface area contributed by atoms with Crippen molar-refractivity contribution in [1.82, 2.24) is 15.1 Å². The van der Waals surface area contributed by atoms with Gasteiger partial charge in [0.05, 0.1) is 6.07 Å². The lowest BCUT2D eigenvalue weighted by atomic mass is 10.1. The van der Waals surface area contributed by atoms with Gasteiger partial charge in [0.1, 0.15) is 6.04 Å². The summed E-state index contributed by atoms with van der Waals surface area (Å²) in [4.78, 5) is 5.03. The molecule has 3 atom stereocenters. The summed E-state index contributed by atoms with van der Waals surface area (Å²) >= 11 is 0. The van der Waals surface area contributed by atoms with E-state index in [1.807, 2.05) is 0 Å². The number of rotatable bonds is 4. The van der Waals surface area contributed by atoms with Gasteiger partial charge in [0.15, 0.2) is 0 Å². The van der Waals surface area contributed by atoms with Crippen molar-refractivity contribution in [3.8, 4) is 6.07 Å². The summed E-state index contributed by atoms with van der Waals surface area (Å²) in [7, 11) is 2.26. The normalized spacial score (nSPS) is 31.3. The van der Waals surface area contributed by atoms with Crippen LogP contribution in [-0.4, -0.2) is 60.6 Å². The molecule has 0 amide bonds. The van der Waals surface area contributed by atoms with E-state index in [-0.39, 0.29) is 6.04 Å². The molecule has 0 spiro atoms. The minimum Gasteiger partial charge on any atom is -0.299 e. The number of likely N-dealkylation sites (tertiary alicyclic amines) is 1. The number of hydrogen-bond donors (Lipinski definition) is 1. The van der Waals surface area contributed by atoms with Gasteiger partial charge >= 0.3 is 0 Å². The fraction of sp³-hybridized carbons (Fsp3) is 0.929. The molecule has 4 heteroatoms. The molecule has 2 saturated heterocycles. The van der Waals surface area contributed by atoms with Gasteiger partial charge in [0.25, 0.3) is 0 Å². The SMILES string of the molecule is CC(C)NC(C#N)CN1CCC2CCC(C1)N2C. The van der Waals surface area contributed by atoms with Crippen LogP contribution in [-0.2, 0) is 0 Å². The third-order valence-corrected chi connectivity index (χ3v) is 4.36. The van der Waals surface area contributed by atoms with Crippen molar-refractivity contribution in [1.29, 1.82) is 5.26 Å². The van der Waals surface area contributed by atoms with Crippen LogP contribution in [0.1, 0.15) is 33.1 Å². The molecule has 4 nitrogen and oxygen atoms in total. The molecule has 2 fully saturated rings. The highest BCUT2D eigenvalue weighted by molar-refractivity contribution is 4.96. The maximum Gasteiger partial charge on any atom is 0.108 e. The third-order valence-electron chi connectivity index (χ3n) is 4.36. The Morgan fingerprint density at radius 2 is 2.00 bits per heavy atom. The largest absolute Gasteiger partial charge is 0.299 e. The Morgan fingerprint density at radius 3 is 2.67 bits per heavy atom. The van der Waals surface area contributed by atoms with Crippen molar-refractivity contribution in [2.45, 2.75) is 57.3 Å². The van der Waals surface area contributed by atoms with Gasteiger partial charge in [-0.15, -0.1) is 0 Å². The van der Waals surface area contributed by atoms with Crippen LogP contribution in [0, 0.1) is 11.3 Å². The van der Waals surface area contributed by atoms with Crippen LogP contribution in [0.3, 0.4) is 0 Å². The van der Waals surface area contributed by atoms with Crippen molar-refractivity contribution in [3.63, 3.8) is 0 Å². The van der Waals surface area contributed by atoms with E-state index < -0.39 is 0 Å². The van der Waals surface area contributed by atoms with Gasteiger partial charge in [0.2, 0.25) is 0 Å². The number of nitriles is 1. The molecule has 3 unspecified atom stereocenters. The third kappa shape index (κ3) is 3.23. The van der Waals surface area contributed by atoms with Gasteiger partial charge in [-0.3, -0.25) is 15.1 Å². The fourth-order valence-electron chi connectivity index (χ4n) is 3.34. The van der Waals surface area contributed by atoms with Gasteiger partial charge < -0.3 is 0 Å². The van der Waals surface area contributed by atoms with E-state index in [1.165, 1.54) is 19.3 Å². The Morgan fingerprint density at radius 1 is 1.28 bits per heavy atom. The number of nitrogens with one attached hydrogen (secondary N) is 1. The zero-order chi connectivity index (χ0) is 13.1. The van der Waals surface area contributed by atoms with Crippen molar-refractivity contribution >= 4 is 0 Å². The Labute approximate surface area is 111 Å². The molecule has 0 aliphatic carbocycles. The molecule has 0 aromatic rings. The molecular formula is C14H26N4. The van der Waals surface area contributed by atoms with E-state index in [0.29, 0.717) is 12.1 Å². The van der Waals surface area contributed by atoms with Crippen molar-refractivity contribution in [2.24, 2.45) is 0 Å². The van der Waals surface area contributed by atoms with Crippen LogP contribution >= 0.6 is 0 Å². The zero-order valence-corrected chi connectivity index (χ0v) is 11.9. The number of likely N-dealkylation sites (N-methyl/N-ethyl adjacent to an activating group) is 1. The molecule has 2 aliphatic rings. The first kappa shape index (κ1) is 13.8. The first-order chi connectivity index (χ1) is 8.60. The second kappa shape index (κ2) is 6.01. The molecular weight excluding hydrogens is 224 g/mol. The smallest absolute Gasteiger partial charge is 0.108 e. The van der Waals surface area contributed by atoms with Gasteiger partial charge in [0, 0.05) is 31.2 Å². The predicted molar refractivity (Wildman–Crippen MR) is 73.3 cm³/mol. The molecule has 0 aromatic carbocycles. The summed E-state index contributed by atoms with van der Waals surface area (Å²) in [6, 6.07) is 4.21. The van der Waals surface area contributed by atoms with Crippen molar-refractivity contribution in [3.05, 3.63) is 0 Å². The van der Waals surface area contributed by atoms with Crippen LogP contribution in [0.4, 0.5) is 0 Å². The molecule has 102 valence electrons. The summed E-state index contributed by atoms with van der Waals surface area (Å²) in [6.45, 7) is 7.34. The number of fused-ring (bicyclic) bond motifs is 2. The molecule has 2 heterocycles. The number of hydrogen-bond acceptors (Lipinski definition) is 4. The standard InChI is InChI=1S/C14H26N4/c1-11(2)16-12(8-15)9-18-7-6-13-4-5-14(10-18)17(13)3/h11-14,16H,4-7,9-10H2,1-3H3. The van der Waals surface area contributed by atoms with E-state index in [2.05, 4.69) is 42.1 Å². The van der Waals surface area contributed by atoms with Gasteiger partial charge in [-0.25, -0.2) is 0 Å². The maximum atomic E-state index is 9.21. The average molecular weight is 250 g/mol. The minimum absolute atomic E-state index is 0.0352. The van der Waals surface area contributed by atoms with Crippen LogP contribution < -0.4 is 5.32 Å². The van der Waals surface area contributed by atoms with Crippen LogP contribution in [0.15, 0.2) is 0 Å². The zero-order valence-electron chi connectivity index (χ0n) is 11.9. The average Bonchev–Trinajstić information content (AvgIpc) is 2.55. The lowest BCUT2D eigenvalue weighted by molar-refractivity contribution is 0.211. The van der Waals surface area contributed by atoms with E-state index >= 15 is 0 Å². The van der Waals surface area contributed by atoms with Gasteiger partial charge in [-0.1, -0.05) is 0 Å². The molecule has 0 radical (unpaired) electrons. The highest BCUT2D eigenvalue weighted by Gasteiger charge is 2.34. The second-order valence-corrected chi connectivity index (χ2v) is 6.10. The minimum atomic E-state index is -0.0352. The molecule has 2 rings (SSSR count). The molecule has 18 heavy (non-hydrogen) atoms. The van der Waals surface area contributed by atoms with E-state index in [4.69, 9.17) is 0 Å². The Balaban J connectivity index is 1.88. The summed E-state index contributed by atoms with van der Waals surface area (Å²) in [5, 5.41) is 12.5. The van der Waals surface area contributed by atoms with Crippen molar-refractivity contribution < 1.29 is 0 Å². The predicted octanol–water partition coefficient (Wildman–Crippen LogP) is 1.05. The van der Waals surface area contributed by atoms with Crippen LogP contribution in [0.25, 0.3) is 0 Å². The Bertz CT molecular complexity index is 309. The molecule has 0 aromatic heterocycles. The quantitative estimate of drug-likeness (QED) is 0.810. The van der Waals surface area contributed by atoms with Crippen molar-refractivity contribution in [2.75, 3.05) is 26.7 Å². The summed E-state index contributed by atoms with van der Waals surface area (Å²) in [6.07, 6.45) is 3.94. The summed E-state index contributed by atoms with van der Waals surface area (Å²) in [5.41, 5.74) is 0. The monoisotopic (exact) mass is 250 g/mol. The Hall–Kier alpha value is -0.630. The highest BCUT2D eigenvalue weighted by atomic mass is 15.3. The Kier molecular flexibility index (Phi) is 4.60. The van der Waals surface area contributed by atoms with Crippen LogP contribution in [0.5, 0.6) is 0 Å². The van der Waals surface area contributed by atoms with Gasteiger partial charge in [-0.2, -0.15) is 5.26 Å². The lowest BCUT2D eigenvalue weighted by Crippen LogP contribution is -2.45.